The van der Waals surface area contributed by atoms with Gasteiger partial charge in [-0.25, -0.2) is 0 Å². The van der Waals surface area contributed by atoms with E-state index in [0.29, 0.717) is 11.8 Å². The van der Waals surface area contributed by atoms with Gasteiger partial charge in [-0.05, 0) is 82.0 Å². The van der Waals surface area contributed by atoms with E-state index in [1.54, 1.807) is 5.57 Å². The van der Waals surface area contributed by atoms with Gasteiger partial charge in [-0.3, -0.25) is 0 Å². The second kappa shape index (κ2) is 10.7. The van der Waals surface area contributed by atoms with Crippen LogP contribution in [0.15, 0.2) is 54.1 Å². The van der Waals surface area contributed by atoms with Gasteiger partial charge >= 0.3 is 0 Å². The molecule has 4 rings (SSSR count). The topological polar surface area (TPSA) is 43.7 Å². The minimum Gasteiger partial charge on any atom is -0.392 e. The van der Waals surface area contributed by atoms with E-state index in [0.717, 1.165) is 18.4 Å². The van der Waals surface area contributed by atoms with Crippen molar-refractivity contribution in [3.05, 3.63) is 59.7 Å². The Morgan fingerprint density at radius 1 is 1.03 bits per heavy atom. The van der Waals surface area contributed by atoms with Gasteiger partial charge in [-0.15, -0.1) is 0 Å². The van der Waals surface area contributed by atoms with Crippen LogP contribution in [0.3, 0.4) is 0 Å². The monoisotopic (exact) mass is 409 g/mol. The molecule has 164 valence electrons. The summed E-state index contributed by atoms with van der Waals surface area (Å²) in [6.07, 6.45) is 17.0. The van der Waals surface area contributed by atoms with Crippen LogP contribution in [0.2, 0.25) is 0 Å². The molecule has 2 fully saturated rings. The van der Waals surface area contributed by atoms with E-state index in [1.807, 2.05) is 36.4 Å². The highest BCUT2D eigenvalue weighted by molar-refractivity contribution is 5.24. The lowest BCUT2D eigenvalue weighted by molar-refractivity contribution is 0.140. The van der Waals surface area contributed by atoms with Gasteiger partial charge in [-0.1, -0.05) is 67.0 Å². The SMILES string of the molecule is O[C@H](C=C[C@@H]1[C@H]2CC(CCCCCN3CCCCC3)=C[C@H]2C[C@H]1O)c1ccccc1. The Hall–Kier alpha value is -1.42. The molecule has 0 spiro atoms. The van der Waals surface area contributed by atoms with E-state index in [-0.39, 0.29) is 12.0 Å². The van der Waals surface area contributed by atoms with E-state index in [2.05, 4.69) is 17.1 Å². The van der Waals surface area contributed by atoms with Crippen LogP contribution in [0, 0.1) is 17.8 Å². The van der Waals surface area contributed by atoms with Crippen LogP contribution in [-0.4, -0.2) is 40.9 Å². The molecule has 3 heteroatoms. The van der Waals surface area contributed by atoms with Crippen LogP contribution in [-0.2, 0) is 0 Å². The highest BCUT2D eigenvalue weighted by atomic mass is 16.3. The van der Waals surface area contributed by atoms with Gasteiger partial charge < -0.3 is 15.1 Å². The normalized spacial score (nSPS) is 30.5. The maximum absolute atomic E-state index is 10.6. The van der Waals surface area contributed by atoms with Gasteiger partial charge in [0.2, 0.25) is 0 Å². The van der Waals surface area contributed by atoms with Crippen molar-refractivity contribution in [1.82, 2.24) is 4.90 Å². The Kier molecular flexibility index (Phi) is 7.81. The predicted octanol–water partition coefficient (Wildman–Crippen LogP) is 5.27. The smallest absolute Gasteiger partial charge is 0.0971 e. The molecule has 3 nitrogen and oxygen atoms in total. The van der Waals surface area contributed by atoms with Crippen LogP contribution >= 0.6 is 0 Å². The van der Waals surface area contributed by atoms with Crippen LogP contribution in [0.1, 0.15) is 69.5 Å². The van der Waals surface area contributed by atoms with E-state index in [9.17, 15) is 10.2 Å². The number of nitrogens with zero attached hydrogens (tertiary/aromatic N) is 1. The third-order valence-electron chi connectivity index (χ3n) is 7.53. The zero-order valence-corrected chi connectivity index (χ0v) is 18.3. The first-order valence-electron chi connectivity index (χ1n) is 12.2. The zero-order valence-electron chi connectivity index (χ0n) is 18.3. The largest absolute Gasteiger partial charge is 0.392 e. The molecule has 0 aromatic heterocycles. The Bertz CT molecular complexity index is 707. The van der Waals surface area contributed by atoms with Gasteiger partial charge in [-0.2, -0.15) is 0 Å². The maximum Gasteiger partial charge on any atom is 0.0971 e. The number of hydrogen-bond donors (Lipinski definition) is 2. The zero-order chi connectivity index (χ0) is 20.8. The van der Waals surface area contributed by atoms with E-state index in [1.165, 1.54) is 64.6 Å². The third-order valence-corrected chi connectivity index (χ3v) is 7.53. The third kappa shape index (κ3) is 5.63. The molecule has 2 aliphatic carbocycles. The quantitative estimate of drug-likeness (QED) is 0.431. The first-order chi connectivity index (χ1) is 14.7. The molecule has 1 saturated heterocycles. The predicted molar refractivity (Wildman–Crippen MR) is 123 cm³/mol. The number of fused-ring (bicyclic) bond motifs is 1. The number of benzene rings is 1. The van der Waals surface area contributed by atoms with Crippen molar-refractivity contribution in [3.63, 3.8) is 0 Å². The van der Waals surface area contributed by atoms with Crippen LogP contribution < -0.4 is 0 Å². The number of aliphatic hydroxyl groups is 2. The number of allylic oxidation sites excluding steroid dienone is 2. The molecule has 1 heterocycles. The summed E-state index contributed by atoms with van der Waals surface area (Å²) >= 11 is 0. The summed E-state index contributed by atoms with van der Waals surface area (Å²) in [4.78, 5) is 2.64. The number of unbranched alkanes of at least 4 members (excludes halogenated alkanes) is 2. The Morgan fingerprint density at radius 2 is 1.83 bits per heavy atom. The summed E-state index contributed by atoms with van der Waals surface area (Å²) in [6, 6.07) is 9.76. The van der Waals surface area contributed by atoms with Gasteiger partial charge in [0, 0.05) is 5.92 Å². The molecule has 5 atom stereocenters. The first-order valence-corrected chi connectivity index (χ1v) is 12.2. The number of hydrogen-bond acceptors (Lipinski definition) is 3. The number of piperidine rings is 1. The average molecular weight is 410 g/mol. The fourth-order valence-corrected chi connectivity index (χ4v) is 5.83. The summed E-state index contributed by atoms with van der Waals surface area (Å²) in [5.41, 5.74) is 2.52. The lowest BCUT2D eigenvalue weighted by Crippen LogP contribution is -2.30. The number of rotatable bonds is 9. The minimum atomic E-state index is -0.591. The lowest BCUT2D eigenvalue weighted by Gasteiger charge is -2.26. The lowest BCUT2D eigenvalue weighted by atomic mass is 9.88. The van der Waals surface area contributed by atoms with Gasteiger partial charge in [0.15, 0.2) is 0 Å². The van der Waals surface area contributed by atoms with Gasteiger partial charge in [0.05, 0.1) is 12.2 Å². The van der Waals surface area contributed by atoms with Crippen molar-refractivity contribution < 1.29 is 10.2 Å². The van der Waals surface area contributed by atoms with Crippen molar-refractivity contribution in [1.29, 1.82) is 0 Å². The summed E-state index contributed by atoms with van der Waals surface area (Å²) in [5, 5.41) is 21.0. The van der Waals surface area contributed by atoms with Crippen molar-refractivity contribution in [2.24, 2.45) is 17.8 Å². The summed E-state index contributed by atoms with van der Waals surface area (Å²) < 4.78 is 0. The highest BCUT2D eigenvalue weighted by Crippen LogP contribution is 2.48. The van der Waals surface area contributed by atoms with Crippen molar-refractivity contribution in [3.8, 4) is 0 Å². The molecule has 1 aliphatic heterocycles. The highest BCUT2D eigenvalue weighted by Gasteiger charge is 2.43. The van der Waals surface area contributed by atoms with Crippen LogP contribution in [0.25, 0.3) is 0 Å². The summed E-state index contributed by atoms with van der Waals surface area (Å²) in [7, 11) is 0. The molecule has 3 aliphatic rings. The maximum atomic E-state index is 10.6. The van der Waals surface area contributed by atoms with Crippen molar-refractivity contribution >= 4 is 0 Å². The second-order valence-electron chi connectivity index (χ2n) is 9.69. The number of aliphatic hydroxyl groups excluding tert-OH is 2. The molecule has 0 amide bonds. The van der Waals surface area contributed by atoms with Crippen LogP contribution in [0.5, 0.6) is 0 Å². The fraction of sp³-hybridized carbons (Fsp3) is 0.630. The van der Waals surface area contributed by atoms with Crippen LogP contribution in [0.4, 0.5) is 0 Å². The Balaban J connectivity index is 1.20. The van der Waals surface area contributed by atoms with E-state index < -0.39 is 6.10 Å². The molecule has 2 N–H and O–H groups in total. The molecule has 0 unspecified atom stereocenters. The molecule has 1 saturated carbocycles. The summed E-state index contributed by atoms with van der Waals surface area (Å²) in [5.74, 6) is 1.20. The molecule has 1 aromatic rings. The molecular weight excluding hydrogens is 370 g/mol. The van der Waals surface area contributed by atoms with Crippen molar-refractivity contribution in [2.45, 2.75) is 70.0 Å². The second-order valence-corrected chi connectivity index (χ2v) is 9.69. The van der Waals surface area contributed by atoms with Gasteiger partial charge in [0.1, 0.15) is 0 Å². The fourth-order valence-electron chi connectivity index (χ4n) is 5.83. The molecule has 30 heavy (non-hydrogen) atoms. The van der Waals surface area contributed by atoms with E-state index in [4.69, 9.17) is 0 Å². The minimum absolute atomic E-state index is 0.168. The molecule has 0 radical (unpaired) electrons. The first kappa shape index (κ1) is 21.8. The van der Waals surface area contributed by atoms with Gasteiger partial charge in [0.25, 0.3) is 0 Å². The summed E-state index contributed by atoms with van der Waals surface area (Å²) in [6.45, 7) is 3.91. The van der Waals surface area contributed by atoms with E-state index >= 15 is 0 Å². The number of likely N-dealkylation sites (tertiary alicyclic amines) is 1. The van der Waals surface area contributed by atoms with Crippen molar-refractivity contribution in [2.75, 3.05) is 19.6 Å². The average Bonchev–Trinajstić information content (AvgIpc) is 3.29. The standard InChI is InChI=1S/C27H39NO2/c29-26(22-11-5-1-6-12-22)14-13-24-25-19-21(18-23(25)20-27(24)30)10-4-2-7-15-28-16-8-3-9-17-28/h1,5-6,11-14,18,23-27,29-30H,2-4,7-10,15-17,19-20H2/t23-,24+,25-,26+,27+/m0/s1. The Morgan fingerprint density at radius 3 is 2.63 bits per heavy atom. The Labute approximate surface area is 182 Å². The molecule has 1 aromatic carbocycles. The molecular formula is C27H39NO2. The molecule has 0 bridgehead atoms.